The van der Waals surface area contributed by atoms with Gasteiger partial charge < -0.3 is 20.3 Å². The number of carbonyl (C=O) groups is 2. The Morgan fingerprint density at radius 2 is 0.800 bits per heavy atom. The number of esters is 1. The highest BCUT2D eigenvalue weighted by Gasteiger charge is 2.24. The van der Waals surface area contributed by atoms with Crippen LogP contribution in [0.2, 0.25) is 0 Å². The van der Waals surface area contributed by atoms with Gasteiger partial charge in [0.15, 0.2) is 0 Å². The summed E-state index contributed by atoms with van der Waals surface area (Å²) in [7, 11) is 0. The van der Waals surface area contributed by atoms with E-state index in [0.29, 0.717) is 19.3 Å². The number of hydrogen-bond acceptors (Lipinski definition) is 5. The highest BCUT2D eigenvalue weighted by atomic mass is 16.5. The van der Waals surface area contributed by atoms with Crippen molar-refractivity contribution in [3.8, 4) is 0 Å². The topological polar surface area (TPSA) is 95.9 Å². The quantitative estimate of drug-likeness (QED) is 0.0322. The lowest BCUT2D eigenvalue weighted by Gasteiger charge is -2.24. The number of rotatable bonds is 49. The van der Waals surface area contributed by atoms with Crippen molar-refractivity contribution in [2.45, 2.75) is 315 Å². The van der Waals surface area contributed by atoms with Crippen LogP contribution in [0, 0.1) is 0 Å². The number of aliphatic hydroxyl groups excluding tert-OH is 2. The smallest absolute Gasteiger partial charge is 0.306 e. The first-order valence-electron chi connectivity index (χ1n) is 26.9. The number of allylic oxidation sites excluding steroid dienone is 2. The number of aliphatic hydroxyl groups is 2. The Hall–Kier alpha value is -1.40. The lowest BCUT2D eigenvalue weighted by molar-refractivity contribution is -0.151. The van der Waals surface area contributed by atoms with Gasteiger partial charge in [0, 0.05) is 6.42 Å². The molecule has 3 N–H and O–H groups in total. The molecule has 0 spiro atoms. The third kappa shape index (κ3) is 43.3. The molecule has 0 heterocycles. The van der Waals surface area contributed by atoms with Crippen molar-refractivity contribution in [1.82, 2.24) is 5.32 Å². The molecule has 1 amide bonds. The van der Waals surface area contributed by atoms with E-state index in [4.69, 9.17) is 4.74 Å². The summed E-state index contributed by atoms with van der Waals surface area (Å²) in [6.45, 7) is 6.50. The molecule has 6 heteroatoms. The van der Waals surface area contributed by atoms with E-state index in [2.05, 4.69) is 38.2 Å². The largest absolute Gasteiger partial charge is 0.462 e. The third-order valence-corrected chi connectivity index (χ3v) is 12.6. The van der Waals surface area contributed by atoms with Gasteiger partial charge in [-0.05, 0) is 51.4 Å². The van der Waals surface area contributed by atoms with Crippen LogP contribution < -0.4 is 5.32 Å². The Morgan fingerprint density at radius 3 is 1.20 bits per heavy atom. The molecule has 356 valence electrons. The zero-order valence-electron chi connectivity index (χ0n) is 40.6. The van der Waals surface area contributed by atoms with Crippen LogP contribution in [0.1, 0.15) is 297 Å². The monoisotopic (exact) mass is 848 g/mol. The SMILES string of the molecule is CCCCCCCCC/C=C/CCCCCC(CC(=O)NC(CO)C(O)CCCCCCCCCCCCCCCC)OC(=O)CCCCCCCCCCCCCCC. The molecule has 0 aromatic carbocycles. The number of unbranched alkanes of at least 4 members (excludes halogenated alkanes) is 35. The molecule has 0 bridgehead atoms. The van der Waals surface area contributed by atoms with Gasteiger partial charge in [0.2, 0.25) is 5.91 Å². The lowest BCUT2D eigenvalue weighted by Crippen LogP contribution is -2.46. The molecule has 0 rings (SSSR count). The van der Waals surface area contributed by atoms with Gasteiger partial charge in [0.1, 0.15) is 6.10 Å². The molecule has 0 aliphatic heterocycles. The molecule has 3 unspecified atom stereocenters. The van der Waals surface area contributed by atoms with Crippen LogP contribution >= 0.6 is 0 Å². The summed E-state index contributed by atoms with van der Waals surface area (Å²) < 4.78 is 5.94. The maximum atomic E-state index is 13.2. The fourth-order valence-corrected chi connectivity index (χ4v) is 8.49. The number of carbonyl (C=O) groups excluding carboxylic acids is 2. The van der Waals surface area contributed by atoms with E-state index in [1.807, 2.05) is 0 Å². The van der Waals surface area contributed by atoms with Crippen molar-refractivity contribution in [1.29, 1.82) is 0 Å². The lowest BCUT2D eigenvalue weighted by atomic mass is 10.0. The van der Waals surface area contributed by atoms with Crippen LogP contribution in [-0.4, -0.2) is 46.9 Å². The zero-order chi connectivity index (χ0) is 43.8. The summed E-state index contributed by atoms with van der Waals surface area (Å²) in [5.74, 6) is -0.471. The average Bonchev–Trinajstić information content (AvgIpc) is 3.24. The average molecular weight is 848 g/mol. The van der Waals surface area contributed by atoms with Gasteiger partial charge >= 0.3 is 5.97 Å². The molecule has 0 fully saturated rings. The summed E-state index contributed by atoms with van der Waals surface area (Å²) in [6, 6.07) is -0.700. The normalized spacial score (nSPS) is 13.2. The van der Waals surface area contributed by atoms with E-state index in [1.165, 1.54) is 193 Å². The van der Waals surface area contributed by atoms with E-state index in [9.17, 15) is 19.8 Å². The molecule has 0 aliphatic carbocycles. The molecule has 0 saturated heterocycles. The molecule has 3 atom stereocenters. The molecular formula is C54H105NO5. The van der Waals surface area contributed by atoms with Crippen molar-refractivity contribution in [2.24, 2.45) is 0 Å². The molecule has 6 nitrogen and oxygen atoms in total. The predicted octanol–water partition coefficient (Wildman–Crippen LogP) is 16.1. The van der Waals surface area contributed by atoms with Crippen LogP contribution in [0.5, 0.6) is 0 Å². The highest BCUT2D eigenvalue weighted by Crippen LogP contribution is 2.18. The molecule has 0 aromatic heterocycles. The first-order chi connectivity index (χ1) is 29.5. The van der Waals surface area contributed by atoms with Gasteiger partial charge in [-0.3, -0.25) is 9.59 Å². The van der Waals surface area contributed by atoms with Crippen molar-refractivity contribution < 1.29 is 24.5 Å². The van der Waals surface area contributed by atoms with Gasteiger partial charge in [-0.25, -0.2) is 0 Å². The van der Waals surface area contributed by atoms with Crippen molar-refractivity contribution in [3.05, 3.63) is 12.2 Å². The number of hydrogen-bond donors (Lipinski definition) is 3. The molecule has 0 aliphatic rings. The highest BCUT2D eigenvalue weighted by molar-refractivity contribution is 5.77. The van der Waals surface area contributed by atoms with Crippen LogP contribution in [0.25, 0.3) is 0 Å². The molecule has 60 heavy (non-hydrogen) atoms. The summed E-state index contributed by atoms with van der Waals surface area (Å²) in [4.78, 5) is 26.1. The van der Waals surface area contributed by atoms with Gasteiger partial charge in [0.05, 0.1) is 25.2 Å². The summed E-state index contributed by atoms with van der Waals surface area (Å²) >= 11 is 0. The van der Waals surface area contributed by atoms with E-state index < -0.39 is 18.2 Å². The Kier molecular flexibility index (Phi) is 47.5. The number of amides is 1. The molecule has 0 radical (unpaired) electrons. The Bertz CT molecular complexity index is 909. The Balaban J connectivity index is 4.54. The van der Waals surface area contributed by atoms with Gasteiger partial charge in [0.25, 0.3) is 0 Å². The standard InChI is InChI=1S/C54H105NO5/c1-4-7-10-13-16-19-22-25-28-30-33-36-39-42-45-50(60-54(59)47-44-41-38-35-32-27-24-21-18-15-12-9-6-3)48-53(58)55-51(49-56)52(57)46-43-40-37-34-31-29-26-23-20-17-14-11-8-5-2/h28,30,50-52,56-57H,4-27,29,31-49H2,1-3H3,(H,55,58)/b30-28+. The van der Waals surface area contributed by atoms with Gasteiger partial charge in [-0.1, -0.05) is 245 Å². The fraction of sp³-hybridized carbons (Fsp3) is 0.926. The predicted molar refractivity (Wildman–Crippen MR) is 260 cm³/mol. The molecular weight excluding hydrogens is 743 g/mol. The maximum Gasteiger partial charge on any atom is 0.306 e. The maximum absolute atomic E-state index is 13.2. The van der Waals surface area contributed by atoms with Crippen molar-refractivity contribution in [3.63, 3.8) is 0 Å². The van der Waals surface area contributed by atoms with Crippen LogP contribution in [0.3, 0.4) is 0 Å². The summed E-state index contributed by atoms with van der Waals surface area (Å²) in [5, 5.41) is 23.8. The minimum atomic E-state index is -0.785. The van der Waals surface area contributed by atoms with E-state index in [-0.39, 0.29) is 24.9 Å². The van der Waals surface area contributed by atoms with Crippen molar-refractivity contribution >= 4 is 11.9 Å². The number of nitrogens with one attached hydrogen (secondary N) is 1. The summed E-state index contributed by atoms with van der Waals surface area (Å²) in [6.07, 6.45) is 54.1. The third-order valence-electron chi connectivity index (χ3n) is 12.6. The van der Waals surface area contributed by atoms with Crippen LogP contribution in [0.4, 0.5) is 0 Å². The second kappa shape index (κ2) is 48.6. The minimum absolute atomic E-state index is 0.0742. The van der Waals surface area contributed by atoms with Crippen LogP contribution in [0.15, 0.2) is 12.2 Å². The minimum Gasteiger partial charge on any atom is -0.462 e. The second-order valence-corrected chi connectivity index (χ2v) is 18.6. The van der Waals surface area contributed by atoms with Gasteiger partial charge in [-0.2, -0.15) is 0 Å². The van der Waals surface area contributed by atoms with E-state index in [1.54, 1.807) is 0 Å². The Morgan fingerprint density at radius 1 is 0.467 bits per heavy atom. The van der Waals surface area contributed by atoms with E-state index in [0.717, 1.165) is 57.8 Å². The van der Waals surface area contributed by atoms with Crippen molar-refractivity contribution in [2.75, 3.05) is 6.61 Å². The van der Waals surface area contributed by atoms with Crippen LogP contribution in [-0.2, 0) is 14.3 Å². The van der Waals surface area contributed by atoms with Gasteiger partial charge in [-0.15, -0.1) is 0 Å². The fourth-order valence-electron chi connectivity index (χ4n) is 8.49. The second-order valence-electron chi connectivity index (χ2n) is 18.6. The number of ether oxygens (including phenoxy) is 1. The van der Waals surface area contributed by atoms with E-state index >= 15 is 0 Å². The first-order valence-corrected chi connectivity index (χ1v) is 26.9. The Labute approximate surface area is 374 Å². The summed E-state index contributed by atoms with van der Waals surface area (Å²) in [5.41, 5.74) is 0. The zero-order valence-corrected chi connectivity index (χ0v) is 40.6. The first kappa shape index (κ1) is 58.6. The molecule has 0 aromatic rings. The molecule has 0 saturated carbocycles.